The fourth-order valence-electron chi connectivity index (χ4n) is 6.20. The molecule has 14 heteroatoms. The molecule has 0 radical (unpaired) electrons. The van der Waals surface area contributed by atoms with Crippen molar-refractivity contribution in [2.24, 2.45) is 23.7 Å². The highest BCUT2D eigenvalue weighted by atomic mass is 127. The summed E-state index contributed by atoms with van der Waals surface area (Å²) in [6.45, 7) is 0. The maximum absolute atomic E-state index is 13.6. The maximum atomic E-state index is 13.6. The van der Waals surface area contributed by atoms with Crippen LogP contribution in [-0.2, 0) is 29.2 Å². The van der Waals surface area contributed by atoms with Gasteiger partial charge in [-0.3, -0.25) is 9.59 Å². The molecule has 9 nitrogen and oxygen atoms in total. The lowest BCUT2D eigenvalue weighted by Gasteiger charge is -2.30. The second kappa shape index (κ2) is 11.7. The Hall–Kier alpha value is -1.10. The van der Waals surface area contributed by atoms with E-state index in [4.69, 9.17) is 14.2 Å². The Kier molecular flexibility index (Phi) is 8.59. The van der Waals surface area contributed by atoms with Crippen molar-refractivity contribution in [1.82, 2.24) is 0 Å². The molecule has 42 heavy (non-hydrogen) atoms. The Morgan fingerprint density at radius 1 is 0.929 bits per heavy atom. The fourth-order valence-corrected chi connectivity index (χ4v) is 10.1. The van der Waals surface area contributed by atoms with Crippen molar-refractivity contribution in [2.75, 3.05) is 0 Å². The van der Waals surface area contributed by atoms with Gasteiger partial charge in [0, 0.05) is 31.7 Å². The van der Waals surface area contributed by atoms with Gasteiger partial charge in [0.05, 0.1) is 22.3 Å². The molecule has 0 amide bonds. The maximum Gasteiger partial charge on any atom is 0.339 e. The van der Waals surface area contributed by atoms with Crippen molar-refractivity contribution < 1.29 is 41.6 Å². The first-order chi connectivity index (χ1) is 19.9. The molecule has 0 N–H and O–H groups in total. The molecule has 0 spiro atoms. The smallest absolute Gasteiger partial charge is 0.339 e. The van der Waals surface area contributed by atoms with Gasteiger partial charge in [-0.2, -0.15) is 0 Å². The van der Waals surface area contributed by atoms with Gasteiger partial charge < -0.3 is 18.8 Å². The van der Waals surface area contributed by atoms with Gasteiger partial charge in [0.15, 0.2) is 0 Å². The molecule has 3 aromatic rings. The second-order valence-electron chi connectivity index (χ2n) is 10.1. The number of carbonyl (C=O) groups excluding carboxylic acids is 3. The summed E-state index contributed by atoms with van der Waals surface area (Å²) in [4.78, 5) is 39.4. The van der Waals surface area contributed by atoms with E-state index >= 15 is 0 Å². The van der Waals surface area contributed by atoms with Gasteiger partial charge in [-0.05, 0) is 127 Å². The van der Waals surface area contributed by atoms with Gasteiger partial charge in [0.25, 0.3) is 0 Å². The van der Waals surface area contributed by atoms with Gasteiger partial charge in [0.1, 0.15) is 28.1 Å². The number of esters is 3. The van der Waals surface area contributed by atoms with E-state index in [0.29, 0.717) is 17.5 Å². The third kappa shape index (κ3) is 5.38. The zero-order valence-corrected chi connectivity index (χ0v) is 30.4. The predicted octanol–water partition coefficient (Wildman–Crippen LogP) is 5.61. The Morgan fingerprint density at radius 2 is 1.64 bits per heavy atom. The van der Waals surface area contributed by atoms with Crippen LogP contribution in [0.25, 0.3) is 11.1 Å². The predicted molar refractivity (Wildman–Crippen MR) is 180 cm³/mol. The molecule has 2 aliphatic carbocycles. The average molecular weight is 1040 g/mol. The van der Waals surface area contributed by atoms with Crippen LogP contribution in [0.15, 0.2) is 59.5 Å². The third-order valence-electron chi connectivity index (χ3n) is 7.91. The van der Waals surface area contributed by atoms with Gasteiger partial charge in [-0.15, -0.1) is 0 Å². The standard InChI is InChI=1S/C28H18I4O9S/c29-17-10-16(21(30)23(32)22(17)31)26(33)40-24-14-9-15-20(28(35)41-25(15)24)19(14)27(34)39-12-6-7-18(42(36,37)38)13(8-12)11-4-2-1-3-5-11/h1-8,10,14-15,19-20,24-25H,9H2,(H,36,37,38)/p-1. The molecular formula is C28H17I4O9S-. The van der Waals surface area contributed by atoms with E-state index in [-0.39, 0.29) is 17.2 Å². The normalized spacial score (nSPS) is 25.8. The van der Waals surface area contributed by atoms with Crippen molar-refractivity contribution in [3.05, 3.63) is 74.4 Å². The molecule has 218 valence electrons. The van der Waals surface area contributed by atoms with Crippen molar-refractivity contribution >= 4 is 118 Å². The first-order valence-electron chi connectivity index (χ1n) is 12.5. The summed E-state index contributed by atoms with van der Waals surface area (Å²) in [7, 11) is -4.82. The van der Waals surface area contributed by atoms with Crippen LogP contribution < -0.4 is 4.74 Å². The van der Waals surface area contributed by atoms with E-state index in [2.05, 4.69) is 90.4 Å². The Bertz CT molecular complexity index is 1760. The average Bonchev–Trinajstić information content (AvgIpc) is 3.57. The Labute approximate surface area is 295 Å². The lowest BCUT2D eigenvalue weighted by Crippen LogP contribution is -2.44. The number of rotatable bonds is 6. The van der Waals surface area contributed by atoms with Crippen LogP contribution in [0.1, 0.15) is 16.8 Å². The van der Waals surface area contributed by atoms with E-state index < -0.39 is 62.9 Å². The van der Waals surface area contributed by atoms with Crippen molar-refractivity contribution in [3.8, 4) is 16.9 Å². The van der Waals surface area contributed by atoms with Crippen LogP contribution in [0.4, 0.5) is 0 Å². The second-order valence-corrected chi connectivity index (χ2v) is 15.9. The topological polar surface area (TPSA) is 136 Å². The highest BCUT2D eigenvalue weighted by molar-refractivity contribution is 14.1. The van der Waals surface area contributed by atoms with Crippen molar-refractivity contribution in [1.29, 1.82) is 0 Å². The molecule has 1 heterocycles. The van der Waals surface area contributed by atoms with Crippen molar-refractivity contribution in [3.63, 3.8) is 0 Å². The van der Waals surface area contributed by atoms with Gasteiger partial charge in [0.2, 0.25) is 0 Å². The number of carbonyl (C=O) groups is 3. The van der Waals surface area contributed by atoms with Gasteiger partial charge in [-0.1, -0.05) is 30.3 Å². The van der Waals surface area contributed by atoms with E-state index in [1.165, 1.54) is 12.1 Å². The highest BCUT2D eigenvalue weighted by Crippen LogP contribution is 2.59. The molecule has 1 saturated heterocycles. The van der Waals surface area contributed by atoms with Crippen LogP contribution in [0.3, 0.4) is 0 Å². The minimum absolute atomic E-state index is 0.0167. The first-order valence-corrected chi connectivity index (χ1v) is 18.2. The van der Waals surface area contributed by atoms with Gasteiger partial charge >= 0.3 is 17.9 Å². The van der Waals surface area contributed by atoms with Crippen molar-refractivity contribution in [2.45, 2.75) is 23.5 Å². The Morgan fingerprint density at radius 3 is 2.33 bits per heavy atom. The van der Waals surface area contributed by atoms with E-state index in [1.807, 2.05) is 0 Å². The SMILES string of the molecule is O=C(OC1C2CC3C1OC(=O)C3C2C(=O)Oc1ccc(S(=O)(=O)[O-])c(-c2ccccc2)c1)c1cc(I)c(I)c(I)c1I. The minimum Gasteiger partial charge on any atom is -0.744 e. The monoisotopic (exact) mass is 1040 g/mol. The fraction of sp³-hybridized carbons (Fsp3) is 0.250. The quantitative estimate of drug-likeness (QED) is 0.0771. The third-order valence-corrected chi connectivity index (χ3v) is 16.1. The van der Waals surface area contributed by atoms with Crippen LogP contribution in [0.5, 0.6) is 5.75 Å². The summed E-state index contributed by atoms with van der Waals surface area (Å²) in [6.07, 6.45) is -0.993. The van der Waals surface area contributed by atoms with Crippen LogP contribution in [-0.4, -0.2) is 43.1 Å². The number of benzene rings is 3. The first kappa shape index (κ1) is 30.9. The number of ether oxygens (including phenoxy) is 3. The van der Waals surface area contributed by atoms with E-state index in [9.17, 15) is 27.4 Å². The summed E-state index contributed by atoms with van der Waals surface area (Å²) in [5.41, 5.74) is 0.940. The zero-order valence-electron chi connectivity index (χ0n) is 21.0. The highest BCUT2D eigenvalue weighted by Gasteiger charge is 2.70. The molecule has 6 rings (SSSR count). The molecule has 2 bridgehead atoms. The Balaban J connectivity index is 1.28. The summed E-state index contributed by atoms with van der Waals surface area (Å²) in [6, 6.07) is 13.8. The number of hydrogen-bond donors (Lipinski definition) is 0. The van der Waals surface area contributed by atoms with Crippen LogP contribution >= 0.6 is 90.4 Å². The molecule has 2 saturated carbocycles. The lowest BCUT2D eigenvalue weighted by molar-refractivity contribution is -0.149. The number of halogens is 4. The molecule has 6 atom stereocenters. The molecule has 0 aromatic heterocycles. The van der Waals surface area contributed by atoms with E-state index in [1.54, 1.807) is 36.4 Å². The minimum atomic E-state index is -4.82. The number of fused-ring (bicyclic) bond motifs is 1. The zero-order chi connectivity index (χ0) is 30.1. The largest absolute Gasteiger partial charge is 0.744 e. The summed E-state index contributed by atoms with van der Waals surface area (Å²) in [5.74, 6) is -4.21. The molecular weight excluding hydrogens is 1020 g/mol. The summed E-state index contributed by atoms with van der Waals surface area (Å²) in [5, 5.41) is 0. The summed E-state index contributed by atoms with van der Waals surface area (Å²) >= 11 is 8.67. The molecule has 3 fully saturated rings. The van der Waals surface area contributed by atoms with Crippen LogP contribution in [0.2, 0.25) is 0 Å². The molecule has 1 aliphatic heterocycles. The lowest BCUT2D eigenvalue weighted by atomic mass is 9.78. The molecule has 6 unspecified atom stereocenters. The number of hydrogen-bond acceptors (Lipinski definition) is 9. The molecule has 3 aliphatic rings. The van der Waals surface area contributed by atoms with E-state index in [0.717, 1.165) is 20.3 Å². The summed E-state index contributed by atoms with van der Waals surface area (Å²) < 4.78 is 56.6. The van der Waals surface area contributed by atoms with Gasteiger partial charge in [-0.25, -0.2) is 13.2 Å². The molecule has 3 aromatic carbocycles. The van der Waals surface area contributed by atoms with Crippen LogP contribution in [0, 0.1) is 38.0 Å².